The summed E-state index contributed by atoms with van der Waals surface area (Å²) in [6.45, 7) is 2.30. The van der Waals surface area contributed by atoms with Gasteiger partial charge in [0.15, 0.2) is 9.84 Å². The lowest BCUT2D eigenvalue weighted by molar-refractivity contribution is -0.0279. The van der Waals surface area contributed by atoms with Crippen molar-refractivity contribution in [2.24, 2.45) is 0 Å². The minimum Gasteiger partial charge on any atom is -0.371 e. The molecule has 1 atom stereocenters. The van der Waals surface area contributed by atoms with Gasteiger partial charge in [0.25, 0.3) is 0 Å². The highest BCUT2D eigenvalue weighted by Gasteiger charge is 2.24. The maximum Gasteiger partial charge on any atom is 0.179 e. The first kappa shape index (κ1) is 17.1. The van der Waals surface area contributed by atoms with E-state index in [0.29, 0.717) is 31.1 Å². The van der Waals surface area contributed by atoms with Gasteiger partial charge in [-0.2, -0.15) is 0 Å². The van der Waals surface area contributed by atoms with Crippen molar-refractivity contribution in [2.45, 2.75) is 11.0 Å². The van der Waals surface area contributed by atoms with Crippen molar-refractivity contribution in [2.75, 3.05) is 32.0 Å². The molecular formula is C18H20FNO3S. The molecule has 0 amide bonds. The molecule has 0 aliphatic carbocycles. The van der Waals surface area contributed by atoms with Crippen molar-refractivity contribution in [1.29, 1.82) is 0 Å². The Labute approximate surface area is 141 Å². The van der Waals surface area contributed by atoms with Crippen LogP contribution in [0.2, 0.25) is 0 Å². The number of ether oxygens (including phenoxy) is 1. The third kappa shape index (κ3) is 4.20. The van der Waals surface area contributed by atoms with E-state index in [4.69, 9.17) is 4.74 Å². The Morgan fingerprint density at radius 3 is 2.50 bits per heavy atom. The zero-order valence-corrected chi connectivity index (χ0v) is 14.1. The van der Waals surface area contributed by atoms with Gasteiger partial charge in [-0.3, -0.25) is 4.90 Å². The van der Waals surface area contributed by atoms with Crippen LogP contribution in [0.3, 0.4) is 0 Å². The molecule has 2 aromatic carbocycles. The van der Waals surface area contributed by atoms with Crippen molar-refractivity contribution in [3.8, 4) is 0 Å². The molecule has 2 aromatic rings. The zero-order chi connectivity index (χ0) is 17.0. The molecule has 1 heterocycles. The van der Waals surface area contributed by atoms with Gasteiger partial charge < -0.3 is 4.74 Å². The fourth-order valence-electron chi connectivity index (χ4n) is 2.78. The molecule has 3 rings (SSSR count). The van der Waals surface area contributed by atoms with Gasteiger partial charge in [-0.25, -0.2) is 12.8 Å². The van der Waals surface area contributed by atoms with Crippen LogP contribution in [0.5, 0.6) is 0 Å². The molecule has 0 radical (unpaired) electrons. The quantitative estimate of drug-likeness (QED) is 0.833. The molecule has 1 aliphatic rings. The number of benzene rings is 2. The largest absolute Gasteiger partial charge is 0.371 e. The SMILES string of the molecule is O=S(=O)(CCN1CCO[C@H](c2ccc(F)cc2)C1)c1ccccc1. The van der Waals surface area contributed by atoms with Gasteiger partial charge in [-0.15, -0.1) is 0 Å². The van der Waals surface area contributed by atoms with Crippen LogP contribution in [0.1, 0.15) is 11.7 Å². The summed E-state index contributed by atoms with van der Waals surface area (Å²) >= 11 is 0. The fourth-order valence-corrected chi connectivity index (χ4v) is 4.09. The van der Waals surface area contributed by atoms with Crippen molar-refractivity contribution in [3.05, 3.63) is 66.0 Å². The van der Waals surface area contributed by atoms with E-state index in [9.17, 15) is 12.8 Å². The lowest BCUT2D eigenvalue weighted by Gasteiger charge is -2.33. The Kier molecular flexibility index (Phi) is 5.28. The third-order valence-corrected chi connectivity index (χ3v) is 5.88. The second kappa shape index (κ2) is 7.42. The molecular weight excluding hydrogens is 329 g/mol. The van der Waals surface area contributed by atoms with E-state index in [1.165, 1.54) is 12.1 Å². The summed E-state index contributed by atoms with van der Waals surface area (Å²) in [6.07, 6.45) is -0.154. The van der Waals surface area contributed by atoms with Crippen LogP contribution >= 0.6 is 0 Å². The van der Waals surface area contributed by atoms with Crippen LogP contribution in [0.15, 0.2) is 59.5 Å². The monoisotopic (exact) mass is 349 g/mol. The molecule has 0 N–H and O–H groups in total. The van der Waals surface area contributed by atoms with Gasteiger partial charge in [0, 0.05) is 19.6 Å². The average molecular weight is 349 g/mol. The molecule has 0 spiro atoms. The van der Waals surface area contributed by atoms with E-state index in [-0.39, 0.29) is 17.7 Å². The maximum atomic E-state index is 13.0. The second-order valence-corrected chi connectivity index (χ2v) is 7.95. The Balaban J connectivity index is 1.60. The number of halogens is 1. The summed E-state index contributed by atoms with van der Waals surface area (Å²) in [7, 11) is -3.28. The standard InChI is InChI=1S/C18H20FNO3S/c19-16-8-6-15(7-9-16)18-14-20(10-12-23-18)11-13-24(21,22)17-4-2-1-3-5-17/h1-9,18H,10-14H2/t18-/m0/s1. The number of hydrogen-bond donors (Lipinski definition) is 0. The Morgan fingerprint density at radius 1 is 1.08 bits per heavy atom. The summed E-state index contributed by atoms with van der Waals surface area (Å²) in [5.41, 5.74) is 0.909. The maximum absolute atomic E-state index is 13.0. The van der Waals surface area contributed by atoms with E-state index in [1.807, 2.05) is 0 Å². The van der Waals surface area contributed by atoms with Crippen LogP contribution < -0.4 is 0 Å². The first-order valence-corrected chi connectivity index (χ1v) is 9.57. The van der Waals surface area contributed by atoms with Gasteiger partial charge in [0.1, 0.15) is 5.82 Å². The van der Waals surface area contributed by atoms with E-state index in [1.54, 1.807) is 42.5 Å². The van der Waals surface area contributed by atoms with Gasteiger partial charge in [0.2, 0.25) is 0 Å². The van der Waals surface area contributed by atoms with Gasteiger partial charge in [0.05, 0.1) is 23.4 Å². The number of nitrogens with zero attached hydrogens (tertiary/aromatic N) is 1. The molecule has 1 saturated heterocycles. The molecule has 6 heteroatoms. The van der Waals surface area contributed by atoms with Crippen molar-refractivity contribution >= 4 is 9.84 Å². The zero-order valence-electron chi connectivity index (χ0n) is 13.3. The summed E-state index contributed by atoms with van der Waals surface area (Å²) in [6, 6.07) is 14.8. The average Bonchev–Trinajstić information content (AvgIpc) is 2.62. The highest BCUT2D eigenvalue weighted by Crippen LogP contribution is 2.22. The first-order valence-electron chi connectivity index (χ1n) is 7.92. The van der Waals surface area contributed by atoms with Crippen LogP contribution in [-0.4, -0.2) is 45.3 Å². The lowest BCUT2D eigenvalue weighted by atomic mass is 10.1. The summed E-state index contributed by atoms with van der Waals surface area (Å²) in [4.78, 5) is 2.44. The van der Waals surface area contributed by atoms with Crippen molar-refractivity contribution < 1.29 is 17.5 Å². The number of morpholine rings is 1. The van der Waals surface area contributed by atoms with Crippen LogP contribution in [0, 0.1) is 5.82 Å². The molecule has 0 saturated carbocycles. The summed E-state index contributed by atoms with van der Waals surface area (Å²) in [5, 5.41) is 0. The summed E-state index contributed by atoms with van der Waals surface area (Å²) in [5.74, 6) is -0.201. The lowest BCUT2D eigenvalue weighted by Crippen LogP contribution is -2.40. The molecule has 0 bridgehead atoms. The Morgan fingerprint density at radius 2 is 1.79 bits per heavy atom. The van der Waals surface area contributed by atoms with Crippen LogP contribution in [-0.2, 0) is 14.6 Å². The molecule has 128 valence electrons. The molecule has 24 heavy (non-hydrogen) atoms. The third-order valence-electron chi connectivity index (χ3n) is 4.17. The Bertz CT molecular complexity index is 763. The van der Waals surface area contributed by atoms with E-state index in [0.717, 1.165) is 5.56 Å². The van der Waals surface area contributed by atoms with Gasteiger partial charge in [-0.1, -0.05) is 30.3 Å². The number of rotatable bonds is 5. The second-order valence-electron chi connectivity index (χ2n) is 5.84. The van der Waals surface area contributed by atoms with Crippen LogP contribution in [0.25, 0.3) is 0 Å². The minimum atomic E-state index is -3.28. The minimum absolute atomic E-state index is 0.0765. The predicted octanol–water partition coefficient (Wildman–Crippen LogP) is 2.67. The number of sulfone groups is 1. The van der Waals surface area contributed by atoms with E-state index in [2.05, 4.69) is 4.90 Å². The van der Waals surface area contributed by atoms with Crippen molar-refractivity contribution in [3.63, 3.8) is 0 Å². The molecule has 1 fully saturated rings. The highest BCUT2D eigenvalue weighted by molar-refractivity contribution is 7.91. The Hall–Kier alpha value is -1.76. The van der Waals surface area contributed by atoms with Crippen molar-refractivity contribution in [1.82, 2.24) is 4.90 Å². The molecule has 0 unspecified atom stereocenters. The van der Waals surface area contributed by atoms with Crippen LogP contribution in [0.4, 0.5) is 4.39 Å². The highest BCUT2D eigenvalue weighted by atomic mass is 32.2. The topological polar surface area (TPSA) is 46.6 Å². The van der Waals surface area contributed by atoms with E-state index >= 15 is 0 Å². The molecule has 4 nitrogen and oxygen atoms in total. The van der Waals surface area contributed by atoms with Gasteiger partial charge >= 0.3 is 0 Å². The number of hydrogen-bond acceptors (Lipinski definition) is 4. The fraction of sp³-hybridized carbons (Fsp3) is 0.333. The smallest absolute Gasteiger partial charge is 0.179 e. The van der Waals surface area contributed by atoms with Gasteiger partial charge in [-0.05, 0) is 29.8 Å². The normalized spacial score (nSPS) is 19.3. The van der Waals surface area contributed by atoms with E-state index < -0.39 is 9.84 Å². The predicted molar refractivity (Wildman–Crippen MR) is 90.0 cm³/mol. The summed E-state index contributed by atoms with van der Waals surface area (Å²) < 4.78 is 43.5. The molecule has 1 aliphatic heterocycles. The first-order chi connectivity index (χ1) is 11.5. The molecule has 0 aromatic heterocycles.